The maximum atomic E-state index is 13.4. The minimum absolute atomic E-state index is 0.0511. The van der Waals surface area contributed by atoms with Gasteiger partial charge in [-0.15, -0.1) is 0 Å². The van der Waals surface area contributed by atoms with Gasteiger partial charge in [0, 0.05) is 44.2 Å². The first-order valence-corrected chi connectivity index (χ1v) is 12.9. The SMILES string of the molecule is O=C(N[C@H](Cc1ccccc1)C(=O)N1CCN([C@H]2CCS(=O)(=O)C2)CC1)c1ccccc1. The molecule has 7 nitrogen and oxygen atoms in total. The topological polar surface area (TPSA) is 86.8 Å². The molecule has 1 N–H and O–H groups in total. The first kappa shape index (κ1) is 22.5. The lowest BCUT2D eigenvalue weighted by Gasteiger charge is -2.39. The number of benzene rings is 2. The van der Waals surface area contributed by atoms with Gasteiger partial charge in [0.25, 0.3) is 5.91 Å². The van der Waals surface area contributed by atoms with Gasteiger partial charge in [-0.1, -0.05) is 48.5 Å². The number of hydrogen-bond donors (Lipinski definition) is 1. The third-order valence-electron chi connectivity index (χ3n) is 6.27. The highest BCUT2D eigenvalue weighted by molar-refractivity contribution is 7.91. The second-order valence-electron chi connectivity index (χ2n) is 8.50. The van der Waals surface area contributed by atoms with E-state index in [-0.39, 0.29) is 29.4 Å². The smallest absolute Gasteiger partial charge is 0.251 e. The molecule has 2 aliphatic rings. The summed E-state index contributed by atoms with van der Waals surface area (Å²) in [6.45, 7) is 2.36. The summed E-state index contributed by atoms with van der Waals surface area (Å²) < 4.78 is 23.6. The molecule has 4 rings (SSSR count). The zero-order chi connectivity index (χ0) is 22.6. The van der Waals surface area contributed by atoms with Gasteiger partial charge in [0.1, 0.15) is 6.04 Å². The van der Waals surface area contributed by atoms with Crippen LogP contribution in [0.3, 0.4) is 0 Å². The Morgan fingerprint density at radius 1 is 0.938 bits per heavy atom. The number of hydrogen-bond acceptors (Lipinski definition) is 5. The molecule has 2 saturated heterocycles. The van der Waals surface area contributed by atoms with E-state index < -0.39 is 15.9 Å². The predicted octanol–water partition coefficient (Wildman–Crippen LogP) is 1.36. The van der Waals surface area contributed by atoms with Gasteiger partial charge in [0.05, 0.1) is 11.5 Å². The Kier molecular flexibility index (Phi) is 6.91. The van der Waals surface area contributed by atoms with E-state index in [1.54, 1.807) is 29.2 Å². The van der Waals surface area contributed by atoms with E-state index in [0.717, 1.165) is 5.56 Å². The van der Waals surface area contributed by atoms with Crippen LogP contribution >= 0.6 is 0 Å². The highest BCUT2D eigenvalue weighted by atomic mass is 32.2. The number of piperazine rings is 1. The quantitative estimate of drug-likeness (QED) is 0.711. The van der Waals surface area contributed by atoms with E-state index in [1.165, 1.54) is 0 Å². The van der Waals surface area contributed by atoms with Crippen molar-refractivity contribution in [3.8, 4) is 0 Å². The van der Waals surface area contributed by atoms with Crippen molar-refractivity contribution in [2.24, 2.45) is 0 Å². The zero-order valence-electron chi connectivity index (χ0n) is 18.0. The molecule has 2 aromatic rings. The number of nitrogens with zero attached hydrogens (tertiary/aromatic N) is 2. The Morgan fingerprint density at radius 2 is 1.56 bits per heavy atom. The minimum Gasteiger partial charge on any atom is -0.340 e. The van der Waals surface area contributed by atoms with Crippen molar-refractivity contribution in [2.75, 3.05) is 37.7 Å². The van der Waals surface area contributed by atoms with Gasteiger partial charge in [0.15, 0.2) is 9.84 Å². The molecule has 2 heterocycles. The summed E-state index contributed by atoms with van der Waals surface area (Å²) in [5.74, 6) is 0.0955. The highest BCUT2D eigenvalue weighted by Gasteiger charge is 2.35. The Balaban J connectivity index is 1.42. The van der Waals surface area contributed by atoms with Crippen molar-refractivity contribution in [3.05, 3.63) is 71.8 Å². The molecular formula is C24H29N3O4S. The number of carbonyl (C=O) groups excluding carboxylic acids is 2. The van der Waals surface area contributed by atoms with Gasteiger partial charge in [-0.25, -0.2) is 8.42 Å². The van der Waals surface area contributed by atoms with Crippen LogP contribution in [0.15, 0.2) is 60.7 Å². The van der Waals surface area contributed by atoms with Gasteiger partial charge in [0.2, 0.25) is 5.91 Å². The summed E-state index contributed by atoms with van der Waals surface area (Å²) in [4.78, 5) is 30.1. The monoisotopic (exact) mass is 455 g/mol. The Bertz CT molecular complexity index is 1040. The van der Waals surface area contributed by atoms with E-state index >= 15 is 0 Å². The molecule has 0 unspecified atom stereocenters. The van der Waals surface area contributed by atoms with Gasteiger partial charge in [-0.3, -0.25) is 14.5 Å². The number of nitrogens with one attached hydrogen (secondary N) is 1. The average Bonchev–Trinajstić information content (AvgIpc) is 3.19. The van der Waals surface area contributed by atoms with Crippen molar-refractivity contribution >= 4 is 21.7 Å². The molecule has 8 heteroatoms. The summed E-state index contributed by atoms with van der Waals surface area (Å²) in [7, 11) is -2.93. The molecule has 0 aromatic heterocycles. The molecule has 0 saturated carbocycles. The molecule has 0 bridgehead atoms. The maximum Gasteiger partial charge on any atom is 0.251 e. The van der Waals surface area contributed by atoms with E-state index in [0.29, 0.717) is 44.6 Å². The standard InChI is InChI=1S/C24H29N3O4S/c28-23(20-9-5-2-6-10-20)25-22(17-19-7-3-1-4-8-19)24(29)27-14-12-26(13-15-27)21-11-16-32(30,31)18-21/h1-10,21-22H,11-18H2,(H,25,28)/t21-,22+/m0/s1. The van der Waals surface area contributed by atoms with E-state index in [2.05, 4.69) is 10.2 Å². The summed E-state index contributed by atoms with van der Waals surface area (Å²) in [5, 5.41) is 2.93. The third-order valence-corrected chi connectivity index (χ3v) is 8.02. The fourth-order valence-corrected chi connectivity index (χ4v) is 6.23. The van der Waals surface area contributed by atoms with Gasteiger partial charge in [-0.05, 0) is 24.1 Å². The van der Waals surface area contributed by atoms with Crippen molar-refractivity contribution in [1.29, 1.82) is 0 Å². The van der Waals surface area contributed by atoms with Crippen LogP contribution in [0.25, 0.3) is 0 Å². The first-order chi connectivity index (χ1) is 15.4. The Labute approximate surface area is 189 Å². The van der Waals surface area contributed by atoms with Crippen LogP contribution in [0.2, 0.25) is 0 Å². The Hall–Kier alpha value is -2.71. The van der Waals surface area contributed by atoms with Gasteiger partial charge >= 0.3 is 0 Å². The van der Waals surface area contributed by atoms with Crippen molar-refractivity contribution in [2.45, 2.75) is 24.9 Å². The highest BCUT2D eigenvalue weighted by Crippen LogP contribution is 2.20. The maximum absolute atomic E-state index is 13.4. The molecular weight excluding hydrogens is 426 g/mol. The number of rotatable bonds is 6. The van der Waals surface area contributed by atoms with E-state index in [9.17, 15) is 18.0 Å². The molecule has 32 heavy (non-hydrogen) atoms. The number of sulfone groups is 1. The van der Waals surface area contributed by atoms with Crippen molar-refractivity contribution in [3.63, 3.8) is 0 Å². The zero-order valence-corrected chi connectivity index (χ0v) is 18.8. The third kappa shape index (κ3) is 5.55. The number of amides is 2. The molecule has 0 spiro atoms. The van der Waals surface area contributed by atoms with E-state index in [4.69, 9.17) is 0 Å². The molecule has 170 valence electrons. The van der Waals surface area contributed by atoms with Crippen molar-refractivity contribution < 1.29 is 18.0 Å². The lowest BCUT2D eigenvalue weighted by Crippen LogP contribution is -2.57. The van der Waals surface area contributed by atoms with Crippen molar-refractivity contribution in [1.82, 2.24) is 15.1 Å². The van der Waals surface area contributed by atoms with Crippen LogP contribution in [-0.4, -0.2) is 79.8 Å². The molecule has 0 aliphatic carbocycles. The fraction of sp³-hybridized carbons (Fsp3) is 0.417. The molecule has 2 atom stereocenters. The van der Waals surface area contributed by atoms with Crippen LogP contribution < -0.4 is 5.32 Å². The molecule has 2 fully saturated rings. The van der Waals surface area contributed by atoms with Gasteiger partial charge < -0.3 is 10.2 Å². The average molecular weight is 456 g/mol. The van der Waals surface area contributed by atoms with Crippen LogP contribution in [0.5, 0.6) is 0 Å². The van der Waals surface area contributed by atoms with Gasteiger partial charge in [-0.2, -0.15) is 0 Å². The van der Waals surface area contributed by atoms with Crippen LogP contribution in [-0.2, 0) is 21.1 Å². The largest absolute Gasteiger partial charge is 0.340 e. The lowest BCUT2D eigenvalue weighted by atomic mass is 10.0. The minimum atomic E-state index is -2.93. The molecule has 2 aromatic carbocycles. The Morgan fingerprint density at radius 3 is 2.16 bits per heavy atom. The lowest BCUT2D eigenvalue weighted by molar-refractivity contribution is -0.135. The second kappa shape index (κ2) is 9.83. The summed E-state index contributed by atoms with van der Waals surface area (Å²) in [6.07, 6.45) is 1.08. The molecule has 2 amide bonds. The summed E-state index contributed by atoms with van der Waals surface area (Å²) in [6, 6.07) is 18.0. The van der Waals surface area contributed by atoms with Crippen LogP contribution in [0, 0.1) is 0 Å². The summed E-state index contributed by atoms with van der Waals surface area (Å²) in [5.41, 5.74) is 1.50. The second-order valence-corrected chi connectivity index (χ2v) is 10.7. The van der Waals surface area contributed by atoms with Crippen LogP contribution in [0.1, 0.15) is 22.3 Å². The normalized spacial score (nSPS) is 21.8. The van der Waals surface area contributed by atoms with E-state index in [1.807, 2.05) is 36.4 Å². The first-order valence-electron chi connectivity index (χ1n) is 11.0. The number of carbonyl (C=O) groups is 2. The summed E-state index contributed by atoms with van der Waals surface area (Å²) >= 11 is 0. The molecule has 2 aliphatic heterocycles. The predicted molar refractivity (Wildman–Crippen MR) is 123 cm³/mol. The fourth-order valence-electron chi connectivity index (χ4n) is 4.47. The molecule has 0 radical (unpaired) electrons. The van der Waals surface area contributed by atoms with Crippen LogP contribution in [0.4, 0.5) is 0 Å².